The number of aliphatic hydroxyl groups excluding tert-OH is 1. The topological polar surface area (TPSA) is 89.9 Å². The Bertz CT molecular complexity index is 626. The quantitative estimate of drug-likeness (QED) is 0.704. The molecule has 21 heavy (non-hydrogen) atoms. The summed E-state index contributed by atoms with van der Waals surface area (Å²) in [6.45, 7) is 2.72. The zero-order valence-corrected chi connectivity index (χ0v) is 12.5. The lowest BCUT2D eigenvalue weighted by molar-refractivity contribution is 0.161. The number of aliphatic hydroxyl groups is 1. The number of hydrogen-bond donors (Lipinski definition) is 3. The van der Waals surface area contributed by atoms with Crippen LogP contribution < -0.4 is 10.2 Å². The molecule has 0 bridgehead atoms. The van der Waals surface area contributed by atoms with Crippen molar-refractivity contribution in [3.63, 3.8) is 0 Å². The first-order chi connectivity index (χ1) is 9.97. The molecule has 1 fully saturated rings. The van der Waals surface area contributed by atoms with Crippen molar-refractivity contribution in [2.24, 2.45) is 0 Å². The third kappa shape index (κ3) is 2.91. The number of fused-ring (bicyclic) bond motifs is 1. The zero-order valence-electron chi connectivity index (χ0n) is 11.7. The van der Waals surface area contributed by atoms with E-state index >= 15 is 0 Å². The van der Waals surface area contributed by atoms with Crippen LogP contribution in [0.3, 0.4) is 0 Å². The summed E-state index contributed by atoms with van der Waals surface area (Å²) in [6.07, 6.45) is 1.97. The number of piperidine rings is 1. The molecule has 1 unspecified atom stereocenters. The average molecular weight is 312 g/mol. The van der Waals surface area contributed by atoms with E-state index in [1.807, 2.05) is 0 Å². The van der Waals surface area contributed by atoms with Gasteiger partial charge in [0.1, 0.15) is 0 Å². The minimum atomic E-state index is -4.24. The van der Waals surface area contributed by atoms with Crippen molar-refractivity contribution >= 4 is 15.8 Å². The van der Waals surface area contributed by atoms with Crippen LogP contribution in [0.4, 0.5) is 5.69 Å². The molecule has 1 aromatic carbocycles. The van der Waals surface area contributed by atoms with Crippen LogP contribution in [0.15, 0.2) is 23.1 Å². The lowest BCUT2D eigenvalue weighted by Gasteiger charge is -2.41. The van der Waals surface area contributed by atoms with Crippen LogP contribution in [0.5, 0.6) is 0 Å². The van der Waals surface area contributed by atoms with Gasteiger partial charge >= 0.3 is 0 Å². The maximum Gasteiger partial charge on any atom is 0.294 e. The molecular weight excluding hydrogens is 292 g/mol. The molecule has 7 heteroatoms. The van der Waals surface area contributed by atoms with Crippen molar-refractivity contribution in [1.29, 1.82) is 0 Å². The molecule has 1 aromatic rings. The van der Waals surface area contributed by atoms with Gasteiger partial charge in [0.2, 0.25) is 0 Å². The van der Waals surface area contributed by atoms with Crippen molar-refractivity contribution in [2.45, 2.75) is 36.3 Å². The maximum absolute atomic E-state index is 11.3. The van der Waals surface area contributed by atoms with Gasteiger partial charge in [-0.15, -0.1) is 0 Å². The van der Waals surface area contributed by atoms with Crippen molar-refractivity contribution in [3.8, 4) is 0 Å². The molecule has 1 saturated heterocycles. The fraction of sp³-hybridized carbons (Fsp3) is 0.571. The van der Waals surface area contributed by atoms with Gasteiger partial charge in [0, 0.05) is 23.8 Å². The standard InChI is InChI=1S/C14H20N2O4S/c17-14-5-8-16(10-3-6-15-7-4-10)13-2-1-11(9-12(13)14)21(18,19)20/h1-2,9-10,14-15,17H,3-8H2,(H,18,19,20). The second-order valence-electron chi connectivity index (χ2n) is 5.67. The summed E-state index contributed by atoms with van der Waals surface area (Å²) in [7, 11) is -4.24. The fourth-order valence-corrected chi connectivity index (χ4v) is 3.77. The van der Waals surface area contributed by atoms with Gasteiger partial charge < -0.3 is 15.3 Å². The first-order valence-corrected chi connectivity index (χ1v) is 8.67. The number of rotatable bonds is 2. The highest BCUT2D eigenvalue weighted by atomic mass is 32.2. The average Bonchev–Trinajstić information content (AvgIpc) is 2.47. The van der Waals surface area contributed by atoms with Gasteiger partial charge in [0.15, 0.2) is 0 Å². The van der Waals surface area contributed by atoms with Crippen molar-refractivity contribution < 1.29 is 18.1 Å². The Hall–Kier alpha value is -1.15. The minimum absolute atomic E-state index is 0.160. The number of nitrogens with one attached hydrogen (secondary N) is 1. The SMILES string of the molecule is O=S(=O)(O)c1ccc2c(c1)C(O)CCN2C1CCNCC1. The van der Waals surface area contributed by atoms with Crippen LogP contribution in [0.2, 0.25) is 0 Å². The summed E-state index contributed by atoms with van der Waals surface area (Å²) in [5.41, 5.74) is 1.47. The number of benzene rings is 1. The minimum Gasteiger partial charge on any atom is -0.388 e. The molecule has 0 radical (unpaired) electrons. The lowest BCUT2D eigenvalue weighted by Crippen LogP contribution is -2.45. The molecule has 0 spiro atoms. The zero-order chi connectivity index (χ0) is 15.0. The fourth-order valence-electron chi connectivity index (χ4n) is 3.26. The predicted molar refractivity (Wildman–Crippen MR) is 79.1 cm³/mol. The van der Waals surface area contributed by atoms with E-state index in [1.165, 1.54) is 12.1 Å². The Balaban J connectivity index is 1.98. The number of hydrogen-bond acceptors (Lipinski definition) is 5. The van der Waals surface area contributed by atoms with Gasteiger partial charge in [0.05, 0.1) is 11.0 Å². The molecule has 3 N–H and O–H groups in total. The van der Waals surface area contributed by atoms with Crippen LogP contribution in [-0.2, 0) is 10.1 Å². The molecule has 2 aliphatic rings. The Morgan fingerprint density at radius 1 is 1.19 bits per heavy atom. The van der Waals surface area contributed by atoms with Crippen molar-refractivity contribution in [1.82, 2.24) is 5.32 Å². The second-order valence-corrected chi connectivity index (χ2v) is 7.10. The Morgan fingerprint density at radius 3 is 2.57 bits per heavy atom. The smallest absolute Gasteiger partial charge is 0.294 e. The molecule has 116 valence electrons. The van der Waals surface area contributed by atoms with E-state index in [-0.39, 0.29) is 4.90 Å². The third-order valence-corrected chi connectivity index (χ3v) is 5.21. The predicted octanol–water partition coefficient (Wildman–Crippen LogP) is 0.929. The molecular formula is C14H20N2O4S. The monoisotopic (exact) mass is 312 g/mol. The highest BCUT2D eigenvalue weighted by Gasteiger charge is 2.30. The van der Waals surface area contributed by atoms with Crippen molar-refractivity contribution in [3.05, 3.63) is 23.8 Å². The molecule has 0 amide bonds. The summed E-state index contributed by atoms with van der Waals surface area (Å²) in [4.78, 5) is 2.10. The Kier molecular flexibility index (Phi) is 3.92. The van der Waals surface area contributed by atoms with Gasteiger partial charge in [-0.25, -0.2) is 0 Å². The van der Waals surface area contributed by atoms with Gasteiger partial charge in [0.25, 0.3) is 10.1 Å². The van der Waals surface area contributed by atoms with Crippen LogP contribution in [0.1, 0.15) is 30.9 Å². The van der Waals surface area contributed by atoms with Gasteiger partial charge in [-0.05, 0) is 50.6 Å². The summed E-state index contributed by atoms with van der Waals surface area (Å²) in [6, 6.07) is 4.90. The van der Waals surface area contributed by atoms with E-state index < -0.39 is 16.2 Å². The lowest BCUT2D eigenvalue weighted by atomic mass is 9.94. The molecule has 2 heterocycles. The summed E-state index contributed by atoms with van der Waals surface area (Å²) in [5, 5.41) is 13.5. The first-order valence-electron chi connectivity index (χ1n) is 7.23. The first kappa shape index (κ1) is 14.8. The van der Waals surface area contributed by atoms with Crippen LogP contribution in [0.25, 0.3) is 0 Å². The molecule has 6 nitrogen and oxygen atoms in total. The Morgan fingerprint density at radius 2 is 1.90 bits per heavy atom. The van der Waals surface area contributed by atoms with E-state index in [2.05, 4.69) is 10.2 Å². The van der Waals surface area contributed by atoms with Gasteiger partial charge in [-0.3, -0.25) is 4.55 Å². The maximum atomic E-state index is 11.3. The van der Waals surface area contributed by atoms with E-state index in [9.17, 15) is 13.5 Å². The molecule has 3 rings (SSSR count). The molecule has 0 aliphatic carbocycles. The third-order valence-electron chi connectivity index (χ3n) is 4.36. The molecule has 0 aromatic heterocycles. The molecule has 2 aliphatic heterocycles. The highest BCUT2D eigenvalue weighted by molar-refractivity contribution is 7.85. The van der Waals surface area contributed by atoms with Gasteiger partial charge in [-0.1, -0.05) is 0 Å². The molecule has 1 atom stereocenters. The van der Waals surface area contributed by atoms with Crippen LogP contribution >= 0.6 is 0 Å². The van der Waals surface area contributed by atoms with Crippen LogP contribution in [-0.4, -0.2) is 43.8 Å². The molecule has 0 saturated carbocycles. The summed E-state index contributed by atoms with van der Waals surface area (Å²) >= 11 is 0. The highest BCUT2D eigenvalue weighted by Crippen LogP contribution is 2.37. The van der Waals surface area contributed by atoms with Crippen LogP contribution in [0, 0.1) is 0 Å². The van der Waals surface area contributed by atoms with Crippen molar-refractivity contribution in [2.75, 3.05) is 24.5 Å². The van der Waals surface area contributed by atoms with E-state index in [4.69, 9.17) is 4.55 Å². The second kappa shape index (κ2) is 5.57. The summed E-state index contributed by atoms with van der Waals surface area (Å²) < 4.78 is 31.7. The number of nitrogens with zero attached hydrogens (tertiary/aromatic N) is 1. The van der Waals surface area contributed by atoms with E-state index in [0.29, 0.717) is 18.0 Å². The van der Waals surface area contributed by atoms with E-state index in [1.54, 1.807) is 6.07 Å². The normalized spacial score (nSPS) is 23.9. The largest absolute Gasteiger partial charge is 0.388 e. The Labute approximate surface area is 124 Å². The van der Waals surface area contributed by atoms with Gasteiger partial charge in [-0.2, -0.15) is 8.42 Å². The number of anilines is 1. The van der Waals surface area contributed by atoms with E-state index in [0.717, 1.165) is 38.2 Å². The summed E-state index contributed by atoms with van der Waals surface area (Å²) in [5.74, 6) is 0.